The molecule has 0 N–H and O–H groups in total. The lowest BCUT2D eigenvalue weighted by atomic mass is 10.0. The Morgan fingerprint density at radius 2 is 1.74 bits per heavy atom. The largest absolute Gasteiger partial charge is 0.336 e. The summed E-state index contributed by atoms with van der Waals surface area (Å²) >= 11 is 5.97. The Morgan fingerprint density at radius 3 is 2.39 bits per heavy atom. The summed E-state index contributed by atoms with van der Waals surface area (Å²) in [6.07, 6.45) is 0. The number of rotatable bonds is 4. The maximum absolute atomic E-state index is 13.2. The molecule has 1 saturated heterocycles. The molecule has 0 radical (unpaired) electrons. The van der Waals surface area contributed by atoms with Gasteiger partial charge in [-0.15, -0.1) is 0 Å². The number of hydrogen-bond donors (Lipinski definition) is 0. The second-order valence-corrected chi connectivity index (χ2v) is 8.13. The molecule has 1 aliphatic heterocycles. The van der Waals surface area contributed by atoms with E-state index in [9.17, 15) is 10.1 Å². The molecule has 0 saturated carbocycles. The first-order valence-electron chi connectivity index (χ1n) is 10.3. The van der Waals surface area contributed by atoms with Crippen molar-refractivity contribution in [2.24, 2.45) is 0 Å². The number of hydrogen-bond acceptors (Lipinski definition) is 4. The summed E-state index contributed by atoms with van der Waals surface area (Å²) in [5.74, 6) is -0.0662. The van der Waals surface area contributed by atoms with Gasteiger partial charge in [0.25, 0.3) is 5.91 Å². The minimum absolute atomic E-state index is 0.0662. The van der Waals surface area contributed by atoms with Gasteiger partial charge in [-0.05, 0) is 30.7 Å². The predicted molar refractivity (Wildman–Crippen MR) is 122 cm³/mol. The topological polar surface area (TPSA) is 60.2 Å². The Kier molecular flexibility index (Phi) is 6.31. The third-order valence-electron chi connectivity index (χ3n) is 5.59. The maximum Gasteiger partial charge on any atom is 0.255 e. The van der Waals surface area contributed by atoms with Crippen molar-refractivity contribution in [3.8, 4) is 17.3 Å². The van der Waals surface area contributed by atoms with Gasteiger partial charge >= 0.3 is 0 Å². The minimum Gasteiger partial charge on any atom is -0.336 e. The molecule has 0 spiro atoms. The predicted octanol–water partition coefficient (Wildman–Crippen LogP) is 4.54. The molecule has 6 heteroatoms. The zero-order valence-corrected chi connectivity index (χ0v) is 18.1. The van der Waals surface area contributed by atoms with Crippen molar-refractivity contribution in [3.05, 3.63) is 88.1 Å². The Balaban J connectivity index is 1.49. The molecule has 1 fully saturated rings. The number of pyridine rings is 1. The molecule has 0 aliphatic carbocycles. The fraction of sp³-hybridized carbons (Fsp3) is 0.240. The van der Waals surface area contributed by atoms with Gasteiger partial charge in [-0.2, -0.15) is 5.26 Å². The number of benzene rings is 2. The lowest BCUT2D eigenvalue weighted by molar-refractivity contribution is 0.0627. The van der Waals surface area contributed by atoms with Crippen LogP contribution in [0.2, 0.25) is 5.02 Å². The van der Waals surface area contributed by atoms with Crippen molar-refractivity contribution in [3.63, 3.8) is 0 Å². The molecule has 0 atom stereocenters. The maximum atomic E-state index is 13.2. The van der Waals surface area contributed by atoms with Crippen LogP contribution in [0.15, 0.2) is 60.7 Å². The average Bonchev–Trinajstić information content (AvgIpc) is 2.80. The van der Waals surface area contributed by atoms with Gasteiger partial charge in [-0.1, -0.05) is 54.1 Å². The minimum atomic E-state index is -0.0662. The van der Waals surface area contributed by atoms with Crippen LogP contribution in [-0.4, -0.2) is 46.9 Å². The number of amides is 1. The van der Waals surface area contributed by atoms with E-state index in [1.54, 1.807) is 18.2 Å². The third-order valence-corrected chi connectivity index (χ3v) is 5.84. The second-order valence-electron chi connectivity index (χ2n) is 7.69. The van der Waals surface area contributed by atoms with Crippen LogP contribution in [0.3, 0.4) is 0 Å². The number of nitrogens with zero attached hydrogens (tertiary/aromatic N) is 4. The number of carbonyl (C=O) groups excluding carboxylic acids is 1. The van der Waals surface area contributed by atoms with E-state index < -0.39 is 0 Å². The summed E-state index contributed by atoms with van der Waals surface area (Å²) in [4.78, 5) is 22.0. The fourth-order valence-electron chi connectivity index (χ4n) is 3.86. The highest BCUT2D eigenvalue weighted by atomic mass is 35.5. The first-order valence-corrected chi connectivity index (χ1v) is 10.7. The standard InChI is InChI=1S/C25H23ClN4O/c1-18-23(15-21(16-27)24(28-18)20-7-9-22(26)10-8-20)25(31)30-13-11-29(12-14-30)17-19-5-3-2-4-6-19/h2-10,15H,11-14,17H2,1H3. The highest BCUT2D eigenvalue weighted by molar-refractivity contribution is 6.30. The SMILES string of the molecule is Cc1nc(-c2ccc(Cl)cc2)c(C#N)cc1C(=O)N1CCN(Cc2ccccc2)CC1. The lowest BCUT2D eigenvalue weighted by Gasteiger charge is -2.35. The molecule has 31 heavy (non-hydrogen) atoms. The first kappa shape index (κ1) is 21.0. The van der Waals surface area contributed by atoms with E-state index in [2.05, 4.69) is 28.1 Å². The van der Waals surface area contributed by atoms with E-state index in [1.807, 2.05) is 42.2 Å². The normalized spacial score (nSPS) is 14.3. The molecule has 5 nitrogen and oxygen atoms in total. The van der Waals surface area contributed by atoms with Crippen LogP contribution < -0.4 is 0 Å². The number of piperazine rings is 1. The van der Waals surface area contributed by atoms with E-state index in [0.29, 0.717) is 40.6 Å². The summed E-state index contributed by atoms with van der Waals surface area (Å²) in [5, 5.41) is 10.3. The van der Waals surface area contributed by atoms with Crippen molar-refractivity contribution in [1.82, 2.24) is 14.8 Å². The van der Waals surface area contributed by atoms with Crippen LogP contribution in [0.4, 0.5) is 0 Å². The molecule has 2 aromatic carbocycles. The van der Waals surface area contributed by atoms with Crippen LogP contribution in [-0.2, 0) is 6.54 Å². The van der Waals surface area contributed by atoms with Gasteiger partial charge in [0.1, 0.15) is 6.07 Å². The number of carbonyl (C=O) groups is 1. The number of nitriles is 1. The van der Waals surface area contributed by atoms with Gasteiger partial charge in [0.2, 0.25) is 0 Å². The van der Waals surface area contributed by atoms with E-state index in [-0.39, 0.29) is 5.91 Å². The lowest BCUT2D eigenvalue weighted by Crippen LogP contribution is -2.48. The van der Waals surface area contributed by atoms with Gasteiger partial charge in [-0.3, -0.25) is 14.7 Å². The Labute approximate surface area is 187 Å². The molecule has 2 heterocycles. The van der Waals surface area contributed by atoms with Gasteiger partial charge in [-0.25, -0.2) is 0 Å². The monoisotopic (exact) mass is 430 g/mol. The zero-order valence-electron chi connectivity index (χ0n) is 17.4. The van der Waals surface area contributed by atoms with Crippen molar-refractivity contribution in [2.75, 3.05) is 26.2 Å². The molecule has 1 aliphatic rings. The van der Waals surface area contributed by atoms with Crippen molar-refractivity contribution in [2.45, 2.75) is 13.5 Å². The van der Waals surface area contributed by atoms with Crippen LogP contribution in [0, 0.1) is 18.3 Å². The highest BCUT2D eigenvalue weighted by Gasteiger charge is 2.25. The third kappa shape index (κ3) is 4.77. The van der Waals surface area contributed by atoms with Crippen LogP contribution in [0.25, 0.3) is 11.3 Å². The molecule has 0 bridgehead atoms. The Morgan fingerprint density at radius 1 is 1.06 bits per heavy atom. The molecular formula is C25H23ClN4O. The van der Waals surface area contributed by atoms with Gasteiger partial charge in [0.15, 0.2) is 0 Å². The summed E-state index contributed by atoms with van der Waals surface area (Å²) in [7, 11) is 0. The van der Waals surface area contributed by atoms with E-state index in [1.165, 1.54) is 5.56 Å². The quantitative estimate of drug-likeness (QED) is 0.609. The molecular weight excluding hydrogens is 408 g/mol. The Bertz CT molecular complexity index is 1110. The summed E-state index contributed by atoms with van der Waals surface area (Å²) in [6, 6.07) is 21.4. The van der Waals surface area contributed by atoms with E-state index in [0.717, 1.165) is 25.2 Å². The fourth-order valence-corrected chi connectivity index (χ4v) is 3.98. The molecule has 0 unspecified atom stereocenters. The highest BCUT2D eigenvalue weighted by Crippen LogP contribution is 2.26. The summed E-state index contributed by atoms with van der Waals surface area (Å²) in [5.41, 5.74) is 4.16. The van der Waals surface area contributed by atoms with Crippen LogP contribution >= 0.6 is 11.6 Å². The molecule has 156 valence electrons. The van der Waals surface area contributed by atoms with Gasteiger partial charge < -0.3 is 4.90 Å². The summed E-state index contributed by atoms with van der Waals surface area (Å²) < 4.78 is 0. The van der Waals surface area contributed by atoms with Gasteiger partial charge in [0, 0.05) is 43.3 Å². The molecule has 1 aromatic heterocycles. The average molecular weight is 431 g/mol. The van der Waals surface area contributed by atoms with Crippen molar-refractivity contribution >= 4 is 17.5 Å². The number of aromatic nitrogens is 1. The zero-order chi connectivity index (χ0) is 21.8. The smallest absolute Gasteiger partial charge is 0.255 e. The van der Waals surface area contributed by atoms with Crippen LogP contribution in [0.1, 0.15) is 27.2 Å². The number of aryl methyl sites for hydroxylation is 1. The molecule has 4 rings (SSSR count). The van der Waals surface area contributed by atoms with Crippen molar-refractivity contribution in [1.29, 1.82) is 5.26 Å². The van der Waals surface area contributed by atoms with E-state index in [4.69, 9.17) is 11.6 Å². The molecule has 1 amide bonds. The number of halogens is 1. The van der Waals surface area contributed by atoms with Gasteiger partial charge in [0.05, 0.1) is 22.5 Å². The van der Waals surface area contributed by atoms with Crippen LogP contribution in [0.5, 0.6) is 0 Å². The van der Waals surface area contributed by atoms with Crippen molar-refractivity contribution < 1.29 is 4.79 Å². The van der Waals surface area contributed by atoms with E-state index >= 15 is 0 Å². The second kappa shape index (κ2) is 9.30. The summed E-state index contributed by atoms with van der Waals surface area (Å²) in [6.45, 7) is 5.66. The Hall–Kier alpha value is -3.20. The molecule has 3 aromatic rings. The first-order chi connectivity index (χ1) is 15.0.